The maximum absolute atomic E-state index is 11.0. The number of carboxylic acids is 1. The van der Waals surface area contributed by atoms with E-state index in [1.165, 1.54) is 4.88 Å². The molecule has 16 heavy (non-hydrogen) atoms. The first-order valence-electron chi connectivity index (χ1n) is 5.47. The van der Waals surface area contributed by atoms with Crippen LogP contribution in [0.4, 0.5) is 0 Å². The molecule has 0 amide bonds. The third-order valence-electron chi connectivity index (χ3n) is 3.06. The molecule has 0 aromatic carbocycles. The predicted octanol–water partition coefficient (Wildman–Crippen LogP) is 1.81. The van der Waals surface area contributed by atoms with E-state index in [2.05, 4.69) is 11.9 Å². The average molecular weight is 240 g/mol. The van der Waals surface area contributed by atoms with Crippen LogP contribution in [0.5, 0.6) is 0 Å². The van der Waals surface area contributed by atoms with Crippen LogP contribution in [0.25, 0.3) is 0 Å². The van der Waals surface area contributed by atoms with Gasteiger partial charge in [-0.25, -0.2) is 4.98 Å². The molecule has 0 unspecified atom stereocenters. The predicted molar refractivity (Wildman–Crippen MR) is 62.7 cm³/mol. The SMILES string of the molecule is Cc1nc(CN2CCC[C@H]2C(=O)O)sc1C. The number of likely N-dealkylation sites (tertiary alicyclic amines) is 1. The highest BCUT2D eigenvalue weighted by atomic mass is 32.1. The van der Waals surface area contributed by atoms with E-state index in [1.54, 1.807) is 11.3 Å². The summed E-state index contributed by atoms with van der Waals surface area (Å²) in [5.41, 5.74) is 1.06. The van der Waals surface area contributed by atoms with Crippen LogP contribution in [0.3, 0.4) is 0 Å². The topological polar surface area (TPSA) is 53.4 Å². The highest BCUT2D eigenvalue weighted by Gasteiger charge is 2.30. The second-order valence-corrected chi connectivity index (χ2v) is 5.50. The summed E-state index contributed by atoms with van der Waals surface area (Å²) in [4.78, 5) is 18.7. The maximum Gasteiger partial charge on any atom is 0.320 e. The van der Waals surface area contributed by atoms with E-state index in [-0.39, 0.29) is 6.04 Å². The largest absolute Gasteiger partial charge is 0.480 e. The van der Waals surface area contributed by atoms with Crippen molar-refractivity contribution in [1.82, 2.24) is 9.88 Å². The van der Waals surface area contributed by atoms with Crippen LogP contribution in [0, 0.1) is 13.8 Å². The third kappa shape index (κ3) is 2.25. The van der Waals surface area contributed by atoms with Crippen LogP contribution in [0.1, 0.15) is 28.4 Å². The van der Waals surface area contributed by atoms with Crippen molar-refractivity contribution < 1.29 is 9.90 Å². The summed E-state index contributed by atoms with van der Waals surface area (Å²) in [5.74, 6) is -0.706. The van der Waals surface area contributed by atoms with E-state index in [9.17, 15) is 4.79 Å². The molecule has 0 aliphatic carbocycles. The Bertz CT molecular complexity index is 383. The molecule has 0 spiro atoms. The first-order valence-corrected chi connectivity index (χ1v) is 6.29. The number of aryl methyl sites for hydroxylation is 2. The smallest absolute Gasteiger partial charge is 0.320 e. The highest BCUT2D eigenvalue weighted by molar-refractivity contribution is 7.11. The van der Waals surface area contributed by atoms with E-state index in [1.807, 2.05) is 11.8 Å². The molecule has 1 aromatic rings. The molecule has 1 fully saturated rings. The van der Waals surface area contributed by atoms with Gasteiger partial charge in [0.1, 0.15) is 11.0 Å². The number of rotatable bonds is 3. The Morgan fingerprint density at radius 2 is 2.38 bits per heavy atom. The van der Waals surface area contributed by atoms with E-state index in [0.717, 1.165) is 30.1 Å². The second-order valence-electron chi connectivity index (χ2n) is 4.22. The fraction of sp³-hybridized carbons (Fsp3) is 0.636. The molecule has 1 saturated heterocycles. The molecule has 1 aliphatic heterocycles. The minimum atomic E-state index is -0.706. The standard InChI is InChI=1S/C11H16N2O2S/c1-7-8(2)16-10(12-7)6-13-5-3-4-9(13)11(14)15/h9H,3-6H2,1-2H3,(H,14,15)/t9-/m0/s1. The number of thiazole rings is 1. The summed E-state index contributed by atoms with van der Waals surface area (Å²) in [6, 6.07) is -0.315. The van der Waals surface area contributed by atoms with Crippen molar-refractivity contribution in [1.29, 1.82) is 0 Å². The summed E-state index contributed by atoms with van der Waals surface area (Å²) >= 11 is 1.67. The second kappa shape index (κ2) is 4.51. The van der Waals surface area contributed by atoms with Gasteiger partial charge in [-0.2, -0.15) is 0 Å². The van der Waals surface area contributed by atoms with Gasteiger partial charge in [0.2, 0.25) is 0 Å². The summed E-state index contributed by atoms with van der Waals surface area (Å²) in [7, 11) is 0. The van der Waals surface area contributed by atoms with Gasteiger partial charge in [0.05, 0.1) is 12.2 Å². The quantitative estimate of drug-likeness (QED) is 0.875. The first kappa shape index (κ1) is 11.5. The van der Waals surface area contributed by atoms with Crippen LogP contribution in [-0.4, -0.2) is 33.5 Å². The number of carboxylic acid groups (broad SMARTS) is 1. The molecule has 2 rings (SSSR count). The normalized spacial score (nSPS) is 21.5. The van der Waals surface area contributed by atoms with Crippen molar-refractivity contribution in [3.8, 4) is 0 Å². The van der Waals surface area contributed by atoms with Gasteiger partial charge in [0.25, 0.3) is 0 Å². The van der Waals surface area contributed by atoms with Crippen molar-refractivity contribution in [2.24, 2.45) is 0 Å². The van der Waals surface area contributed by atoms with E-state index < -0.39 is 5.97 Å². The van der Waals surface area contributed by atoms with Gasteiger partial charge < -0.3 is 5.11 Å². The Kier molecular flexibility index (Phi) is 3.25. The number of aromatic nitrogens is 1. The number of nitrogens with zero attached hydrogens (tertiary/aromatic N) is 2. The van der Waals surface area contributed by atoms with E-state index >= 15 is 0 Å². The lowest BCUT2D eigenvalue weighted by Crippen LogP contribution is -2.35. The van der Waals surface area contributed by atoms with Crippen molar-refractivity contribution in [3.05, 3.63) is 15.6 Å². The number of hydrogen-bond donors (Lipinski definition) is 1. The van der Waals surface area contributed by atoms with Crippen molar-refractivity contribution in [3.63, 3.8) is 0 Å². The van der Waals surface area contributed by atoms with Crippen LogP contribution < -0.4 is 0 Å². The summed E-state index contributed by atoms with van der Waals surface area (Å²) in [6.07, 6.45) is 1.74. The van der Waals surface area contributed by atoms with Gasteiger partial charge >= 0.3 is 5.97 Å². The van der Waals surface area contributed by atoms with Crippen LogP contribution >= 0.6 is 11.3 Å². The van der Waals surface area contributed by atoms with E-state index in [4.69, 9.17) is 5.11 Å². The first-order chi connectivity index (χ1) is 7.58. The fourth-order valence-electron chi connectivity index (χ4n) is 2.08. The molecular weight excluding hydrogens is 224 g/mol. The molecule has 1 aliphatic rings. The molecule has 2 heterocycles. The van der Waals surface area contributed by atoms with Crippen LogP contribution in [0.15, 0.2) is 0 Å². The van der Waals surface area contributed by atoms with Gasteiger partial charge in [-0.15, -0.1) is 11.3 Å². The van der Waals surface area contributed by atoms with Crippen LogP contribution in [-0.2, 0) is 11.3 Å². The molecule has 88 valence electrons. The Hall–Kier alpha value is -0.940. The minimum absolute atomic E-state index is 0.315. The summed E-state index contributed by atoms with van der Waals surface area (Å²) in [5, 5.41) is 10.1. The Labute approximate surface area is 98.9 Å². The molecule has 5 heteroatoms. The lowest BCUT2D eigenvalue weighted by Gasteiger charge is -2.19. The van der Waals surface area contributed by atoms with Gasteiger partial charge in [-0.05, 0) is 33.2 Å². The molecule has 0 radical (unpaired) electrons. The van der Waals surface area contributed by atoms with Crippen LogP contribution in [0.2, 0.25) is 0 Å². The summed E-state index contributed by atoms with van der Waals surface area (Å²) in [6.45, 7) is 5.59. The molecule has 0 saturated carbocycles. The number of aliphatic carboxylic acids is 1. The highest BCUT2D eigenvalue weighted by Crippen LogP contribution is 2.23. The molecule has 4 nitrogen and oxygen atoms in total. The lowest BCUT2D eigenvalue weighted by atomic mass is 10.2. The van der Waals surface area contributed by atoms with Gasteiger partial charge in [0, 0.05) is 4.88 Å². The van der Waals surface area contributed by atoms with Crippen molar-refractivity contribution in [2.45, 2.75) is 39.3 Å². The third-order valence-corrected chi connectivity index (χ3v) is 4.12. The molecule has 1 atom stereocenters. The zero-order chi connectivity index (χ0) is 11.7. The minimum Gasteiger partial charge on any atom is -0.480 e. The molecular formula is C11H16N2O2S. The molecule has 1 aromatic heterocycles. The number of hydrogen-bond acceptors (Lipinski definition) is 4. The Morgan fingerprint density at radius 3 is 2.94 bits per heavy atom. The zero-order valence-corrected chi connectivity index (χ0v) is 10.4. The van der Waals surface area contributed by atoms with Gasteiger partial charge in [-0.3, -0.25) is 9.69 Å². The molecule has 1 N–H and O–H groups in total. The average Bonchev–Trinajstić information content (AvgIpc) is 2.75. The monoisotopic (exact) mass is 240 g/mol. The van der Waals surface area contributed by atoms with Gasteiger partial charge in [-0.1, -0.05) is 0 Å². The van der Waals surface area contributed by atoms with Gasteiger partial charge in [0.15, 0.2) is 0 Å². The Morgan fingerprint density at radius 1 is 1.62 bits per heavy atom. The lowest BCUT2D eigenvalue weighted by molar-refractivity contribution is -0.142. The zero-order valence-electron chi connectivity index (χ0n) is 9.56. The Balaban J connectivity index is 2.06. The fourth-order valence-corrected chi connectivity index (χ4v) is 3.04. The van der Waals surface area contributed by atoms with Crippen molar-refractivity contribution >= 4 is 17.3 Å². The van der Waals surface area contributed by atoms with E-state index in [0.29, 0.717) is 6.54 Å². The van der Waals surface area contributed by atoms with Crippen molar-refractivity contribution in [2.75, 3.05) is 6.54 Å². The maximum atomic E-state index is 11.0. The summed E-state index contributed by atoms with van der Waals surface area (Å²) < 4.78 is 0. The number of carbonyl (C=O) groups is 1. The molecule has 0 bridgehead atoms.